The topological polar surface area (TPSA) is 59.9 Å². The van der Waals surface area contributed by atoms with Gasteiger partial charge in [0.15, 0.2) is 0 Å². The van der Waals surface area contributed by atoms with E-state index in [1.807, 2.05) is 19.1 Å². The molecule has 0 radical (unpaired) electrons. The molecular weight excluding hydrogens is 240 g/mol. The van der Waals surface area contributed by atoms with Crippen LogP contribution in [0.4, 0.5) is 5.82 Å². The van der Waals surface area contributed by atoms with Crippen LogP contribution < -0.4 is 10.1 Å². The lowest BCUT2D eigenvalue weighted by Gasteiger charge is -2.13. The number of nitrogens with one attached hydrogen (secondary N) is 1. The van der Waals surface area contributed by atoms with Crippen LogP contribution in [-0.2, 0) is 6.42 Å². The van der Waals surface area contributed by atoms with E-state index in [4.69, 9.17) is 4.74 Å². The second-order valence-electron chi connectivity index (χ2n) is 4.08. The Hall–Kier alpha value is -2.17. The van der Waals surface area contributed by atoms with E-state index in [9.17, 15) is 0 Å². The van der Waals surface area contributed by atoms with Crippen LogP contribution in [-0.4, -0.2) is 21.5 Å². The fraction of sp³-hybridized carbons (Fsp3) is 0.357. The molecule has 0 aliphatic carbocycles. The summed E-state index contributed by atoms with van der Waals surface area (Å²) in [6.45, 7) is 4.98. The fourth-order valence-corrected chi connectivity index (χ4v) is 1.80. The van der Waals surface area contributed by atoms with Crippen molar-refractivity contribution in [2.75, 3.05) is 11.9 Å². The van der Waals surface area contributed by atoms with Crippen molar-refractivity contribution >= 4 is 5.82 Å². The number of aromatic nitrogens is 3. The van der Waals surface area contributed by atoms with Gasteiger partial charge in [0, 0.05) is 12.7 Å². The minimum atomic E-state index is 0.598. The van der Waals surface area contributed by atoms with Gasteiger partial charge in [-0.25, -0.2) is 9.97 Å². The summed E-state index contributed by atoms with van der Waals surface area (Å²) in [5.41, 5.74) is 1.01. The molecule has 0 bridgehead atoms. The lowest BCUT2D eigenvalue weighted by Crippen LogP contribution is -2.06. The van der Waals surface area contributed by atoms with E-state index in [2.05, 4.69) is 27.2 Å². The van der Waals surface area contributed by atoms with Crippen LogP contribution in [0.25, 0.3) is 0 Å². The molecule has 5 heteroatoms. The summed E-state index contributed by atoms with van der Waals surface area (Å²) in [7, 11) is 0. The maximum atomic E-state index is 5.80. The normalized spacial score (nSPS) is 10.2. The van der Waals surface area contributed by atoms with Crippen molar-refractivity contribution < 1.29 is 4.74 Å². The van der Waals surface area contributed by atoms with Crippen molar-refractivity contribution in [3.05, 3.63) is 36.4 Å². The third-order valence-corrected chi connectivity index (χ3v) is 2.60. The molecule has 0 atom stereocenters. The second-order valence-corrected chi connectivity index (χ2v) is 4.08. The van der Waals surface area contributed by atoms with Crippen molar-refractivity contribution in [2.24, 2.45) is 0 Å². The summed E-state index contributed by atoms with van der Waals surface area (Å²) in [5.74, 6) is 2.13. The molecule has 0 saturated heterocycles. The monoisotopic (exact) mass is 258 g/mol. The van der Waals surface area contributed by atoms with E-state index < -0.39 is 0 Å². The number of rotatable bonds is 6. The maximum absolute atomic E-state index is 5.80. The molecule has 0 aliphatic rings. The van der Waals surface area contributed by atoms with Crippen LogP contribution in [0.5, 0.6) is 11.6 Å². The van der Waals surface area contributed by atoms with Crippen molar-refractivity contribution in [1.82, 2.24) is 15.0 Å². The molecule has 2 aromatic rings. The zero-order valence-electron chi connectivity index (χ0n) is 11.3. The maximum Gasteiger partial charge on any atom is 0.227 e. The minimum Gasteiger partial charge on any atom is -0.437 e. The highest BCUT2D eigenvalue weighted by Crippen LogP contribution is 2.27. The van der Waals surface area contributed by atoms with Gasteiger partial charge in [-0.3, -0.25) is 4.98 Å². The van der Waals surface area contributed by atoms with Crippen molar-refractivity contribution in [3.63, 3.8) is 0 Å². The van der Waals surface area contributed by atoms with Crippen LogP contribution in [0, 0.1) is 0 Å². The first-order valence-electron chi connectivity index (χ1n) is 6.50. The fourth-order valence-electron chi connectivity index (χ4n) is 1.80. The average molecular weight is 258 g/mol. The Morgan fingerprint density at radius 2 is 2.16 bits per heavy atom. The largest absolute Gasteiger partial charge is 0.437 e. The Kier molecular flexibility index (Phi) is 4.66. The van der Waals surface area contributed by atoms with Gasteiger partial charge in [-0.05, 0) is 25.5 Å². The molecule has 2 aromatic heterocycles. The molecular formula is C14H18N4O. The number of pyridine rings is 1. The average Bonchev–Trinajstić information content (AvgIpc) is 2.44. The molecule has 2 heterocycles. The Labute approximate surface area is 113 Å². The standard InChI is InChI=1S/C14H18N4O/c1-3-6-12-13(16-4-2)17-10-18-14(12)19-11-7-5-8-15-9-11/h5,7-10H,3-4,6H2,1-2H3,(H,16,17,18). The van der Waals surface area contributed by atoms with Gasteiger partial charge in [-0.1, -0.05) is 13.3 Å². The molecule has 100 valence electrons. The summed E-state index contributed by atoms with van der Waals surface area (Å²) in [6.07, 6.45) is 6.78. The smallest absolute Gasteiger partial charge is 0.227 e. The Morgan fingerprint density at radius 3 is 2.84 bits per heavy atom. The number of ether oxygens (including phenoxy) is 1. The molecule has 0 aromatic carbocycles. The molecule has 0 saturated carbocycles. The van der Waals surface area contributed by atoms with E-state index in [1.54, 1.807) is 12.4 Å². The lowest BCUT2D eigenvalue weighted by atomic mass is 10.1. The summed E-state index contributed by atoms with van der Waals surface area (Å²) < 4.78 is 5.80. The molecule has 1 N–H and O–H groups in total. The second kappa shape index (κ2) is 6.68. The Bertz CT molecular complexity index is 516. The predicted octanol–water partition coefficient (Wildman–Crippen LogP) is 3.05. The van der Waals surface area contributed by atoms with Crippen LogP contribution in [0.2, 0.25) is 0 Å². The summed E-state index contributed by atoms with van der Waals surface area (Å²) >= 11 is 0. The van der Waals surface area contributed by atoms with Crippen LogP contribution in [0.1, 0.15) is 25.8 Å². The quantitative estimate of drug-likeness (QED) is 0.863. The molecule has 0 amide bonds. The molecule has 0 aliphatic heterocycles. The highest BCUT2D eigenvalue weighted by Gasteiger charge is 2.12. The van der Waals surface area contributed by atoms with Crippen LogP contribution in [0.15, 0.2) is 30.9 Å². The molecule has 0 spiro atoms. The minimum absolute atomic E-state index is 0.598. The SMILES string of the molecule is CCCc1c(NCC)ncnc1Oc1cccnc1. The number of nitrogens with zero attached hydrogens (tertiary/aromatic N) is 3. The third-order valence-electron chi connectivity index (χ3n) is 2.60. The van der Waals surface area contributed by atoms with Gasteiger partial charge in [0.1, 0.15) is 17.9 Å². The number of anilines is 1. The molecule has 5 nitrogen and oxygen atoms in total. The van der Waals surface area contributed by atoms with Crippen molar-refractivity contribution in [2.45, 2.75) is 26.7 Å². The first-order valence-corrected chi connectivity index (χ1v) is 6.50. The zero-order valence-corrected chi connectivity index (χ0v) is 11.3. The molecule has 0 fully saturated rings. The van der Waals surface area contributed by atoms with Gasteiger partial charge in [0.2, 0.25) is 5.88 Å². The first kappa shape index (κ1) is 13.3. The van der Waals surface area contributed by atoms with Gasteiger partial charge < -0.3 is 10.1 Å². The van der Waals surface area contributed by atoms with Crippen molar-refractivity contribution in [1.29, 1.82) is 0 Å². The molecule has 0 unspecified atom stereocenters. The third kappa shape index (κ3) is 3.40. The summed E-state index contributed by atoms with van der Waals surface area (Å²) in [4.78, 5) is 12.5. The summed E-state index contributed by atoms with van der Waals surface area (Å²) in [5, 5.41) is 3.24. The van der Waals surface area contributed by atoms with E-state index in [1.165, 1.54) is 6.33 Å². The van der Waals surface area contributed by atoms with Gasteiger partial charge in [0.25, 0.3) is 0 Å². The van der Waals surface area contributed by atoms with E-state index in [0.29, 0.717) is 11.6 Å². The van der Waals surface area contributed by atoms with Gasteiger partial charge >= 0.3 is 0 Å². The van der Waals surface area contributed by atoms with Gasteiger partial charge in [-0.2, -0.15) is 0 Å². The van der Waals surface area contributed by atoms with Crippen molar-refractivity contribution in [3.8, 4) is 11.6 Å². The Morgan fingerprint density at radius 1 is 1.26 bits per heavy atom. The van der Waals surface area contributed by atoms with E-state index in [0.717, 1.165) is 30.8 Å². The van der Waals surface area contributed by atoms with Gasteiger partial charge in [-0.15, -0.1) is 0 Å². The zero-order chi connectivity index (χ0) is 13.5. The number of hydrogen-bond acceptors (Lipinski definition) is 5. The van der Waals surface area contributed by atoms with E-state index >= 15 is 0 Å². The highest BCUT2D eigenvalue weighted by atomic mass is 16.5. The first-order chi connectivity index (χ1) is 9.35. The Balaban J connectivity index is 2.30. The predicted molar refractivity (Wildman–Crippen MR) is 74.5 cm³/mol. The van der Waals surface area contributed by atoms with E-state index in [-0.39, 0.29) is 0 Å². The molecule has 2 rings (SSSR count). The van der Waals surface area contributed by atoms with Crippen LogP contribution in [0.3, 0.4) is 0 Å². The highest BCUT2D eigenvalue weighted by molar-refractivity contribution is 5.49. The summed E-state index contributed by atoms with van der Waals surface area (Å²) in [6, 6.07) is 3.69. The van der Waals surface area contributed by atoms with Crippen LogP contribution >= 0.6 is 0 Å². The van der Waals surface area contributed by atoms with Gasteiger partial charge in [0.05, 0.1) is 11.8 Å². The molecule has 19 heavy (non-hydrogen) atoms. The number of hydrogen-bond donors (Lipinski definition) is 1. The lowest BCUT2D eigenvalue weighted by molar-refractivity contribution is 0.452.